The predicted octanol–water partition coefficient (Wildman–Crippen LogP) is 2.91. The highest BCUT2D eigenvalue weighted by Crippen LogP contribution is 2.28. The van der Waals surface area contributed by atoms with Crippen LogP contribution in [0.3, 0.4) is 0 Å². The summed E-state index contributed by atoms with van der Waals surface area (Å²) in [7, 11) is 1.64. The van der Waals surface area contributed by atoms with Crippen molar-refractivity contribution in [3.63, 3.8) is 0 Å². The van der Waals surface area contributed by atoms with E-state index in [4.69, 9.17) is 5.11 Å². The maximum absolute atomic E-state index is 12.1. The van der Waals surface area contributed by atoms with Gasteiger partial charge in [-0.2, -0.15) is 0 Å². The van der Waals surface area contributed by atoms with Crippen molar-refractivity contribution in [2.24, 2.45) is 5.41 Å². The second-order valence-corrected chi connectivity index (χ2v) is 5.62. The van der Waals surface area contributed by atoms with Gasteiger partial charge in [-0.1, -0.05) is 12.1 Å². The summed E-state index contributed by atoms with van der Waals surface area (Å²) in [6.07, 6.45) is -0.0415. The predicted molar refractivity (Wildman–Crippen MR) is 73.6 cm³/mol. The van der Waals surface area contributed by atoms with Crippen molar-refractivity contribution < 1.29 is 14.7 Å². The molecule has 0 aromatic heterocycles. The van der Waals surface area contributed by atoms with E-state index in [0.717, 1.165) is 10.2 Å². The molecule has 1 aromatic carbocycles. The summed E-state index contributed by atoms with van der Waals surface area (Å²) < 4.78 is 0.800. The molecule has 0 aliphatic carbocycles. The van der Waals surface area contributed by atoms with E-state index < -0.39 is 11.4 Å². The number of benzene rings is 1. The van der Waals surface area contributed by atoms with Crippen LogP contribution in [0.4, 0.5) is 5.69 Å². The lowest BCUT2D eigenvalue weighted by atomic mass is 9.89. The molecule has 1 rings (SSSR count). The van der Waals surface area contributed by atoms with Crippen molar-refractivity contribution in [1.82, 2.24) is 0 Å². The number of carboxylic acids is 1. The lowest BCUT2D eigenvalue weighted by molar-refractivity contribution is -0.149. The number of hydrogen-bond acceptors (Lipinski definition) is 2. The second-order valence-electron chi connectivity index (χ2n) is 4.77. The molecular weight excluding hydrogens is 298 g/mol. The van der Waals surface area contributed by atoms with E-state index >= 15 is 0 Å². The minimum absolute atomic E-state index is 0.0415. The van der Waals surface area contributed by atoms with Gasteiger partial charge in [-0.15, -0.1) is 0 Å². The first kappa shape index (κ1) is 14.7. The summed E-state index contributed by atoms with van der Waals surface area (Å²) in [5.74, 6) is -1.20. The third-order valence-electron chi connectivity index (χ3n) is 2.76. The van der Waals surface area contributed by atoms with Gasteiger partial charge in [0.1, 0.15) is 0 Å². The van der Waals surface area contributed by atoms with Crippen molar-refractivity contribution in [2.75, 3.05) is 11.9 Å². The Bertz CT molecular complexity index is 471. The number of aliphatic carboxylic acids is 1. The number of carbonyl (C=O) groups excluding carboxylic acids is 1. The molecule has 0 atom stereocenters. The summed E-state index contributed by atoms with van der Waals surface area (Å²) in [5.41, 5.74) is -0.337. The van der Waals surface area contributed by atoms with Crippen LogP contribution in [-0.2, 0) is 9.59 Å². The zero-order valence-corrected chi connectivity index (χ0v) is 12.2. The van der Waals surface area contributed by atoms with Crippen LogP contribution in [0.1, 0.15) is 20.3 Å². The molecule has 1 N–H and O–H groups in total. The van der Waals surface area contributed by atoms with Gasteiger partial charge in [0.2, 0.25) is 5.91 Å². The second kappa shape index (κ2) is 5.52. The number of hydrogen-bond donors (Lipinski definition) is 1. The van der Waals surface area contributed by atoms with Crippen LogP contribution in [0.2, 0.25) is 0 Å². The van der Waals surface area contributed by atoms with Crippen LogP contribution in [0.5, 0.6) is 0 Å². The molecule has 0 aliphatic rings. The summed E-state index contributed by atoms with van der Waals surface area (Å²) in [4.78, 5) is 24.5. The standard InChI is InChI=1S/C13H16BrNO3/c1-13(2,12(17)18)8-11(16)15(3)10-7-5-4-6-9(10)14/h4-7H,8H2,1-3H3,(H,17,18). The molecule has 98 valence electrons. The number of halogens is 1. The molecule has 0 fully saturated rings. The van der Waals surface area contributed by atoms with Gasteiger partial charge in [0.15, 0.2) is 0 Å². The Hall–Kier alpha value is -1.36. The highest BCUT2D eigenvalue weighted by atomic mass is 79.9. The van der Waals surface area contributed by atoms with E-state index in [2.05, 4.69) is 15.9 Å². The fourth-order valence-corrected chi connectivity index (χ4v) is 1.98. The molecule has 0 aliphatic heterocycles. The summed E-state index contributed by atoms with van der Waals surface area (Å²) >= 11 is 3.36. The summed E-state index contributed by atoms with van der Waals surface area (Å²) in [5, 5.41) is 9.02. The van der Waals surface area contributed by atoms with E-state index in [1.807, 2.05) is 18.2 Å². The number of rotatable bonds is 4. The molecule has 0 spiro atoms. The molecule has 0 saturated carbocycles. The maximum Gasteiger partial charge on any atom is 0.309 e. The molecule has 0 radical (unpaired) electrons. The topological polar surface area (TPSA) is 57.6 Å². The van der Waals surface area contributed by atoms with Crippen LogP contribution >= 0.6 is 15.9 Å². The van der Waals surface area contributed by atoms with E-state index in [1.165, 1.54) is 4.90 Å². The van der Waals surface area contributed by atoms with Crippen molar-refractivity contribution in [2.45, 2.75) is 20.3 Å². The van der Waals surface area contributed by atoms with Crippen molar-refractivity contribution in [1.29, 1.82) is 0 Å². The first-order valence-electron chi connectivity index (χ1n) is 5.50. The average Bonchev–Trinajstić information content (AvgIpc) is 2.28. The van der Waals surface area contributed by atoms with Crippen molar-refractivity contribution >= 4 is 33.5 Å². The average molecular weight is 314 g/mol. The Morgan fingerprint density at radius 1 is 1.33 bits per heavy atom. The molecule has 4 nitrogen and oxygen atoms in total. The number of para-hydroxylation sites is 1. The number of anilines is 1. The highest BCUT2D eigenvalue weighted by Gasteiger charge is 2.31. The van der Waals surface area contributed by atoms with Crippen molar-refractivity contribution in [3.05, 3.63) is 28.7 Å². The van der Waals surface area contributed by atoms with Gasteiger partial charge in [-0.05, 0) is 41.9 Å². The zero-order chi connectivity index (χ0) is 13.9. The molecule has 0 heterocycles. The maximum atomic E-state index is 12.1. The van der Waals surface area contributed by atoms with Crippen LogP contribution < -0.4 is 4.90 Å². The molecule has 0 bridgehead atoms. The number of carboxylic acid groups (broad SMARTS) is 1. The Morgan fingerprint density at radius 3 is 2.39 bits per heavy atom. The lowest BCUT2D eigenvalue weighted by Gasteiger charge is -2.24. The summed E-state index contributed by atoms with van der Waals surface area (Å²) in [6, 6.07) is 7.32. The van der Waals surface area contributed by atoms with Gasteiger partial charge < -0.3 is 10.0 Å². The van der Waals surface area contributed by atoms with Gasteiger partial charge in [-0.3, -0.25) is 9.59 Å². The Kier molecular flexibility index (Phi) is 4.51. The van der Waals surface area contributed by atoms with Gasteiger partial charge in [-0.25, -0.2) is 0 Å². The fourth-order valence-electron chi connectivity index (χ4n) is 1.43. The minimum Gasteiger partial charge on any atom is -0.481 e. The fraction of sp³-hybridized carbons (Fsp3) is 0.385. The molecular formula is C13H16BrNO3. The van der Waals surface area contributed by atoms with E-state index in [9.17, 15) is 9.59 Å². The molecule has 18 heavy (non-hydrogen) atoms. The third-order valence-corrected chi connectivity index (χ3v) is 3.43. The largest absolute Gasteiger partial charge is 0.481 e. The zero-order valence-electron chi connectivity index (χ0n) is 10.6. The monoisotopic (exact) mass is 313 g/mol. The van der Waals surface area contributed by atoms with Crippen LogP contribution in [-0.4, -0.2) is 24.0 Å². The molecule has 1 amide bonds. The van der Waals surface area contributed by atoms with Crippen LogP contribution in [0.15, 0.2) is 28.7 Å². The molecule has 1 aromatic rings. The Labute approximate surface area is 115 Å². The van der Waals surface area contributed by atoms with Gasteiger partial charge in [0.05, 0.1) is 11.1 Å². The van der Waals surface area contributed by atoms with Crippen LogP contribution in [0.25, 0.3) is 0 Å². The van der Waals surface area contributed by atoms with E-state index in [1.54, 1.807) is 27.0 Å². The SMILES string of the molecule is CN(C(=O)CC(C)(C)C(=O)O)c1ccccc1Br. The Morgan fingerprint density at radius 2 is 1.89 bits per heavy atom. The normalized spacial score (nSPS) is 11.1. The van der Waals surface area contributed by atoms with Gasteiger partial charge in [0.25, 0.3) is 0 Å². The van der Waals surface area contributed by atoms with E-state index in [-0.39, 0.29) is 12.3 Å². The lowest BCUT2D eigenvalue weighted by Crippen LogP contribution is -2.34. The summed E-state index contributed by atoms with van der Waals surface area (Å²) in [6.45, 7) is 3.09. The van der Waals surface area contributed by atoms with Gasteiger partial charge in [0, 0.05) is 17.9 Å². The Balaban J connectivity index is 2.86. The van der Waals surface area contributed by atoms with Crippen molar-refractivity contribution in [3.8, 4) is 0 Å². The van der Waals surface area contributed by atoms with Crippen LogP contribution in [0, 0.1) is 5.41 Å². The van der Waals surface area contributed by atoms with Gasteiger partial charge >= 0.3 is 5.97 Å². The first-order chi connectivity index (χ1) is 8.25. The third kappa shape index (κ3) is 3.32. The highest BCUT2D eigenvalue weighted by molar-refractivity contribution is 9.10. The number of amides is 1. The molecule has 5 heteroatoms. The smallest absolute Gasteiger partial charge is 0.309 e. The first-order valence-corrected chi connectivity index (χ1v) is 6.29. The number of carbonyl (C=O) groups is 2. The quantitative estimate of drug-likeness (QED) is 0.929. The molecule has 0 unspecified atom stereocenters. The van der Waals surface area contributed by atoms with E-state index in [0.29, 0.717) is 0 Å². The number of nitrogens with zero attached hydrogens (tertiary/aromatic N) is 1. The molecule has 0 saturated heterocycles. The minimum atomic E-state index is -1.06.